The minimum absolute atomic E-state index is 0.133. The third kappa shape index (κ3) is 2.91. The lowest BCUT2D eigenvalue weighted by atomic mass is 9.69. The van der Waals surface area contributed by atoms with E-state index >= 15 is 0 Å². The van der Waals surface area contributed by atoms with Crippen LogP contribution in [0.15, 0.2) is 28.9 Å². The van der Waals surface area contributed by atoms with E-state index in [1.54, 1.807) is 0 Å². The molecule has 1 aromatic carbocycles. The van der Waals surface area contributed by atoms with Gasteiger partial charge in [-0.1, -0.05) is 47.7 Å². The van der Waals surface area contributed by atoms with Crippen molar-refractivity contribution in [1.29, 1.82) is 0 Å². The number of halogens is 1. The van der Waals surface area contributed by atoms with E-state index in [1.165, 1.54) is 25.7 Å². The van der Waals surface area contributed by atoms with Gasteiger partial charge in [0.2, 0.25) is 5.91 Å². The van der Waals surface area contributed by atoms with Crippen LogP contribution in [0.5, 0.6) is 0 Å². The van der Waals surface area contributed by atoms with E-state index in [1.807, 2.05) is 25.4 Å². The SMILES string of the molecule is Cn1cc(NC(=O)C2(C3CCCCCC3)COC2)c2c(Br)cccc21. The number of amides is 1. The predicted molar refractivity (Wildman–Crippen MR) is 104 cm³/mol. The zero-order chi connectivity index (χ0) is 17.4. The van der Waals surface area contributed by atoms with Crippen LogP contribution in [0.25, 0.3) is 10.9 Å². The van der Waals surface area contributed by atoms with E-state index < -0.39 is 0 Å². The Balaban J connectivity index is 1.63. The van der Waals surface area contributed by atoms with E-state index in [2.05, 4.69) is 31.9 Å². The Labute approximate surface area is 157 Å². The summed E-state index contributed by atoms with van der Waals surface area (Å²) in [6.45, 7) is 1.13. The Morgan fingerprint density at radius 2 is 1.96 bits per heavy atom. The molecule has 134 valence electrons. The molecule has 0 spiro atoms. The van der Waals surface area contributed by atoms with Gasteiger partial charge in [0.1, 0.15) is 0 Å². The number of aryl methyl sites for hydroxylation is 1. The molecule has 2 aromatic rings. The molecule has 25 heavy (non-hydrogen) atoms. The maximum Gasteiger partial charge on any atom is 0.235 e. The number of hydrogen-bond donors (Lipinski definition) is 1. The van der Waals surface area contributed by atoms with Crippen LogP contribution in [0.2, 0.25) is 0 Å². The Kier molecular flexibility index (Phi) is 4.63. The van der Waals surface area contributed by atoms with Gasteiger partial charge in [0.15, 0.2) is 0 Å². The highest BCUT2D eigenvalue weighted by Gasteiger charge is 2.51. The maximum absolute atomic E-state index is 13.3. The van der Waals surface area contributed by atoms with Gasteiger partial charge in [-0.3, -0.25) is 4.79 Å². The first kappa shape index (κ1) is 17.1. The van der Waals surface area contributed by atoms with Crippen molar-refractivity contribution in [2.24, 2.45) is 18.4 Å². The predicted octanol–water partition coefficient (Wildman–Crippen LogP) is 4.87. The number of ether oxygens (including phenoxy) is 1. The van der Waals surface area contributed by atoms with Gasteiger partial charge in [-0.2, -0.15) is 0 Å². The van der Waals surface area contributed by atoms with Crippen molar-refractivity contribution in [3.05, 3.63) is 28.9 Å². The van der Waals surface area contributed by atoms with Gasteiger partial charge < -0.3 is 14.6 Å². The first-order valence-corrected chi connectivity index (χ1v) is 10.0. The summed E-state index contributed by atoms with van der Waals surface area (Å²) in [6.07, 6.45) is 9.37. The molecular formula is C20H25BrN2O2. The van der Waals surface area contributed by atoms with Crippen LogP contribution >= 0.6 is 15.9 Å². The summed E-state index contributed by atoms with van der Waals surface area (Å²) >= 11 is 3.63. The second kappa shape index (κ2) is 6.76. The molecule has 0 radical (unpaired) electrons. The molecule has 1 saturated heterocycles. The fourth-order valence-electron chi connectivity index (χ4n) is 4.45. The second-order valence-corrected chi connectivity index (χ2v) is 8.43. The van der Waals surface area contributed by atoms with Crippen LogP contribution in [0.1, 0.15) is 38.5 Å². The van der Waals surface area contributed by atoms with Gasteiger partial charge in [0.05, 0.1) is 29.8 Å². The molecule has 1 aliphatic carbocycles. The van der Waals surface area contributed by atoms with Crippen LogP contribution in [0.4, 0.5) is 5.69 Å². The summed E-state index contributed by atoms with van der Waals surface area (Å²) < 4.78 is 8.60. The molecule has 4 rings (SSSR count). The van der Waals surface area contributed by atoms with Crippen LogP contribution < -0.4 is 5.32 Å². The average molecular weight is 405 g/mol. The van der Waals surface area contributed by atoms with Gasteiger partial charge in [-0.15, -0.1) is 0 Å². The summed E-state index contributed by atoms with van der Waals surface area (Å²) in [4.78, 5) is 13.3. The van der Waals surface area contributed by atoms with Crippen LogP contribution in [0.3, 0.4) is 0 Å². The maximum atomic E-state index is 13.3. The fraction of sp³-hybridized carbons (Fsp3) is 0.550. The van der Waals surface area contributed by atoms with Gasteiger partial charge in [0.25, 0.3) is 0 Å². The highest BCUT2D eigenvalue weighted by Crippen LogP contribution is 2.44. The van der Waals surface area contributed by atoms with Gasteiger partial charge >= 0.3 is 0 Å². The lowest BCUT2D eigenvalue weighted by molar-refractivity contribution is -0.170. The van der Waals surface area contributed by atoms with Crippen LogP contribution in [-0.4, -0.2) is 23.7 Å². The number of anilines is 1. The van der Waals surface area contributed by atoms with Crippen LogP contribution in [-0.2, 0) is 16.6 Å². The van der Waals surface area contributed by atoms with Crippen molar-refractivity contribution in [1.82, 2.24) is 4.57 Å². The molecular weight excluding hydrogens is 380 g/mol. The Hall–Kier alpha value is -1.33. The Morgan fingerprint density at radius 3 is 2.60 bits per heavy atom. The normalized spacial score (nSPS) is 20.9. The Bertz CT molecular complexity index is 786. The minimum atomic E-state index is -0.340. The summed E-state index contributed by atoms with van der Waals surface area (Å²) in [5, 5.41) is 4.30. The number of rotatable bonds is 3. The molecule has 1 amide bonds. The minimum Gasteiger partial charge on any atom is -0.379 e. The van der Waals surface area contributed by atoms with E-state index in [0.717, 1.165) is 33.9 Å². The first-order valence-electron chi connectivity index (χ1n) is 9.24. The van der Waals surface area contributed by atoms with E-state index in [9.17, 15) is 4.79 Å². The third-order valence-corrected chi connectivity index (χ3v) is 6.68. The zero-order valence-electron chi connectivity index (χ0n) is 14.7. The molecule has 5 heteroatoms. The number of nitrogens with zero attached hydrogens (tertiary/aromatic N) is 1. The van der Waals surface area contributed by atoms with Gasteiger partial charge in [0, 0.05) is 23.1 Å². The number of fused-ring (bicyclic) bond motifs is 1. The third-order valence-electron chi connectivity index (χ3n) is 6.02. The number of nitrogens with one attached hydrogen (secondary N) is 1. The molecule has 1 saturated carbocycles. The lowest BCUT2D eigenvalue weighted by Crippen LogP contribution is -2.56. The summed E-state index contributed by atoms with van der Waals surface area (Å²) in [6, 6.07) is 6.11. The van der Waals surface area contributed by atoms with Gasteiger partial charge in [-0.25, -0.2) is 0 Å². The number of hydrogen-bond acceptors (Lipinski definition) is 2. The highest BCUT2D eigenvalue weighted by atomic mass is 79.9. The van der Waals surface area contributed by atoms with Crippen molar-refractivity contribution in [3.63, 3.8) is 0 Å². The molecule has 0 atom stereocenters. The molecule has 1 aromatic heterocycles. The first-order chi connectivity index (χ1) is 12.1. The molecule has 2 fully saturated rings. The molecule has 4 nitrogen and oxygen atoms in total. The summed E-state index contributed by atoms with van der Waals surface area (Å²) in [5.41, 5.74) is 1.65. The quantitative estimate of drug-likeness (QED) is 0.741. The van der Waals surface area contributed by atoms with Crippen molar-refractivity contribution >= 4 is 38.4 Å². The smallest absolute Gasteiger partial charge is 0.235 e. The number of carbonyl (C=O) groups excluding carboxylic acids is 1. The summed E-state index contributed by atoms with van der Waals surface area (Å²) in [5.74, 6) is 0.580. The van der Waals surface area contributed by atoms with Crippen molar-refractivity contribution < 1.29 is 9.53 Å². The lowest BCUT2D eigenvalue weighted by Gasteiger charge is -2.45. The molecule has 1 N–H and O–H groups in total. The topological polar surface area (TPSA) is 43.3 Å². The monoisotopic (exact) mass is 404 g/mol. The van der Waals surface area contributed by atoms with E-state index in [-0.39, 0.29) is 11.3 Å². The molecule has 2 aliphatic rings. The van der Waals surface area contributed by atoms with E-state index in [0.29, 0.717) is 19.1 Å². The number of carbonyl (C=O) groups is 1. The van der Waals surface area contributed by atoms with E-state index in [4.69, 9.17) is 4.74 Å². The van der Waals surface area contributed by atoms with Crippen molar-refractivity contribution in [2.75, 3.05) is 18.5 Å². The number of benzene rings is 1. The zero-order valence-corrected chi connectivity index (χ0v) is 16.3. The molecule has 0 bridgehead atoms. The fourth-order valence-corrected chi connectivity index (χ4v) is 5.02. The highest BCUT2D eigenvalue weighted by molar-refractivity contribution is 9.10. The molecule has 0 unspecified atom stereocenters. The standard InChI is InChI=1S/C20H25BrN2O2/c1-23-11-16(18-15(21)9-6-10-17(18)23)22-19(24)20(12-25-13-20)14-7-4-2-3-5-8-14/h6,9-11,14H,2-5,7-8,12-13H2,1H3,(H,22,24). The molecule has 1 aliphatic heterocycles. The van der Waals surface area contributed by atoms with Crippen molar-refractivity contribution in [2.45, 2.75) is 38.5 Å². The van der Waals surface area contributed by atoms with Crippen LogP contribution in [0, 0.1) is 11.3 Å². The Morgan fingerprint density at radius 1 is 1.24 bits per heavy atom. The second-order valence-electron chi connectivity index (χ2n) is 7.58. The van der Waals surface area contributed by atoms with Crippen molar-refractivity contribution in [3.8, 4) is 0 Å². The molecule has 2 heterocycles. The van der Waals surface area contributed by atoms with Gasteiger partial charge in [-0.05, 0) is 30.9 Å². The number of aromatic nitrogens is 1. The average Bonchev–Trinajstić information content (AvgIpc) is 2.73. The summed E-state index contributed by atoms with van der Waals surface area (Å²) in [7, 11) is 2.01. The largest absolute Gasteiger partial charge is 0.379 e.